The largest absolute Gasteiger partial charge is 0.354 e. The lowest BCUT2D eigenvalue weighted by Crippen LogP contribution is -2.43. The van der Waals surface area contributed by atoms with E-state index in [-0.39, 0.29) is 28.8 Å². The molecule has 0 saturated heterocycles. The van der Waals surface area contributed by atoms with Gasteiger partial charge in [-0.05, 0) is 74.9 Å². The van der Waals surface area contributed by atoms with Crippen molar-refractivity contribution < 1.29 is 13.2 Å². The molecule has 1 aliphatic rings. The minimum absolute atomic E-state index is 0.0472. The van der Waals surface area contributed by atoms with Crippen molar-refractivity contribution in [1.82, 2.24) is 20.0 Å². The van der Waals surface area contributed by atoms with E-state index in [1.54, 1.807) is 30.6 Å². The summed E-state index contributed by atoms with van der Waals surface area (Å²) in [7, 11) is -3.65. The molecule has 7 nitrogen and oxygen atoms in total. The molecule has 176 valence electrons. The van der Waals surface area contributed by atoms with Gasteiger partial charge in [-0.2, -0.15) is 0 Å². The molecule has 0 bridgehead atoms. The van der Waals surface area contributed by atoms with Crippen molar-refractivity contribution in [3.05, 3.63) is 48.8 Å². The summed E-state index contributed by atoms with van der Waals surface area (Å²) in [6.07, 6.45) is 6.18. The van der Waals surface area contributed by atoms with E-state index < -0.39 is 10.0 Å². The lowest BCUT2D eigenvalue weighted by Gasteiger charge is -2.29. The molecule has 1 aromatic carbocycles. The molecule has 2 aromatic heterocycles. The molecule has 1 saturated carbocycles. The maximum atomic E-state index is 13.0. The van der Waals surface area contributed by atoms with E-state index in [0.29, 0.717) is 31.6 Å². The van der Waals surface area contributed by atoms with Crippen molar-refractivity contribution >= 4 is 26.8 Å². The van der Waals surface area contributed by atoms with Crippen LogP contribution in [0.15, 0.2) is 53.7 Å². The summed E-state index contributed by atoms with van der Waals surface area (Å²) >= 11 is 0. The van der Waals surface area contributed by atoms with Crippen molar-refractivity contribution in [2.24, 2.45) is 11.8 Å². The summed E-state index contributed by atoms with van der Waals surface area (Å²) in [5.74, 6) is 0.420. The van der Waals surface area contributed by atoms with Gasteiger partial charge in [-0.25, -0.2) is 13.1 Å². The number of H-pyrrole nitrogens is 1. The van der Waals surface area contributed by atoms with Crippen LogP contribution in [0, 0.1) is 11.8 Å². The van der Waals surface area contributed by atoms with Gasteiger partial charge in [0.05, 0.1) is 4.90 Å². The van der Waals surface area contributed by atoms with Crippen molar-refractivity contribution in [3.63, 3.8) is 0 Å². The van der Waals surface area contributed by atoms with E-state index in [1.807, 2.05) is 25.1 Å². The molecule has 8 heteroatoms. The average molecular weight is 469 g/mol. The minimum atomic E-state index is -3.65. The molecule has 1 fully saturated rings. The van der Waals surface area contributed by atoms with E-state index in [9.17, 15) is 13.2 Å². The molecule has 33 heavy (non-hydrogen) atoms. The Labute approximate surface area is 195 Å². The second-order valence-electron chi connectivity index (χ2n) is 9.38. The Morgan fingerprint density at radius 3 is 2.52 bits per heavy atom. The highest BCUT2D eigenvalue weighted by Crippen LogP contribution is 2.28. The molecular weight excluding hydrogens is 436 g/mol. The van der Waals surface area contributed by atoms with Crippen LogP contribution in [0.4, 0.5) is 0 Å². The van der Waals surface area contributed by atoms with Gasteiger partial charge in [-0.15, -0.1) is 0 Å². The van der Waals surface area contributed by atoms with E-state index in [4.69, 9.17) is 0 Å². The fourth-order valence-corrected chi connectivity index (χ4v) is 5.57. The zero-order valence-corrected chi connectivity index (χ0v) is 20.2. The van der Waals surface area contributed by atoms with Gasteiger partial charge in [0.2, 0.25) is 15.9 Å². The molecule has 0 spiro atoms. The Hall–Kier alpha value is -2.71. The number of benzene rings is 1. The predicted molar refractivity (Wildman–Crippen MR) is 130 cm³/mol. The fourth-order valence-electron chi connectivity index (χ4n) is 4.23. The number of aromatic amines is 1. The summed E-state index contributed by atoms with van der Waals surface area (Å²) < 4.78 is 28.9. The Morgan fingerprint density at radius 1 is 1.09 bits per heavy atom. The number of aromatic nitrogens is 2. The van der Waals surface area contributed by atoms with Gasteiger partial charge >= 0.3 is 0 Å². The molecule has 3 aromatic rings. The highest BCUT2D eigenvalue weighted by molar-refractivity contribution is 7.89. The second-order valence-corrected chi connectivity index (χ2v) is 11.1. The van der Waals surface area contributed by atoms with Crippen LogP contribution >= 0.6 is 0 Å². The lowest BCUT2D eigenvalue weighted by molar-refractivity contribution is -0.126. The molecule has 4 rings (SSSR count). The third-order valence-electron chi connectivity index (χ3n) is 6.66. The smallest absolute Gasteiger partial charge is 0.240 e. The topological polar surface area (TPSA) is 104 Å². The Bertz CT molecular complexity index is 1210. The molecule has 0 radical (unpaired) electrons. The standard InChI is InChI=1S/C25H32N4O3S/c1-16(2)17(3)27-25(30)18-6-8-21(9-7-18)29-33(31,32)22-10-11-23-20(13-22)14-24(28-23)19-5-4-12-26-15-19/h4-5,10-18,21,28-29H,6-9H2,1-3H3,(H,27,30)/t17-,18-,21-/m1/s1. The molecule has 0 aliphatic heterocycles. The number of rotatable bonds is 7. The zero-order valence-electron chi connectivity index (χ0n) is 19.3. The minimum Gasteiger partial charge on any atom is -0.354 e. The van der Waals surface area contributed by atoms with E-state index >= 15 is 0 Å². The highest BCUT2D eigenvalue weighted by atomic mass is 32.2. The number of carbonyl (C=O) groups is 1. The first-order chi connectivity index (χ1) is 15.7. The van der Waals surface area contributed by atoms with Crippen LogP contribution in [0.25, 0.3) is 22.2 Å². The SMILES string of the molecule is CC(C)[C@@H](C)NC(=O)[C@H]1CC[C@H](NS(=O)(=O)c2ccc3[nH]c(-c4cccnc4)cc3c2)CC1. The number of nitrogens with zero attached hydrogens (tertiary/aromatic N) is 1. The molecule has 1 aliphatic carbocycles. The van der Waals surface area contributed by atoms with Gasteiger partial charge in [0.25, 0.3) is 0 Å². The number of pyridine rings is 1. The first-order valence-electron chi connectivity index (χ1n) is 11.6. The summed E-state index contributed by atoms with van der Waals surface area (Å²) in [5, 5.41) is 3.91. The summed E-state index contributed by atoms with van der Waals surface area (Å²) in [6, 6.07) is 10.8. The van der Waals surface area contributed by atoms with Crippen molar-refractivity contribution in [3.8, 4) is 11.3 Å². The van der Waals surface area contributed by atoms with Crippen LogP contribution in [0.5, 0.6) is 0 Å². The second kappa shape index (κ2) is 9.65. The van der Waals surface area contributed by atoms with Crippen LogP contribution in [-0.4, -0.2) is 36.4 Å². The van der Waals surface area contributed by atoms with Gasteiger partial charge in [-0.3, -0.25) is 9.78 Å². The maximum absolute atomic E-state index is 13.0. The Kier molecular flexibility index (Phi) is 6.86. The Balaban J connectivity index is 1.40. The van der Waals surface area contributed by atoms with Crippen LogP contribution < -0.4 is 10.0 Å². The van der Waals surface area contributed by atoms with E-state index in [0.717, 1.165) is 22.2 Å². The zero-order chi connectivity index (χ0) is 23.6. The summed E-state index contributed by atoms with van der Waals surface area (Å²) in [6.45, 7) is 6.19. The normalized spacial score (nSPS) is 20.1. The van der Waals surface area contributed by atoms with Gasteiger partial charge in [-0.1, -0.05) is 13.8 Å². The monoisotopic (exact) mass is 468 g/mol. The number of nitrogens with one attached hydrogen (secondary N) is 3. The molecule has 3 N–H and O–H groups in total. The van der Waals surface area contributed by atoms with Crippen molar-refractivity contribution in [2.45, 2.75) is 63.4 Å². The van der Waals surface area contributed by atoms with Crippen molar-refractivity contribution in [2.75, 3.05) is 0 Å². The van der Waals surface area contributed by atoms with Gasteiger partial charge in [0.15, 0.2) is 0 Å². The van der Waals surface area contributed by atoms with Gasteiger partial charge < -0.3 is 10.3 Å². The maximum Gasteiger partial charge on any atom is 0.240 e. The van der Waals surface area contributed by atoms with Crippen LogP contribution in [-0.2, 0) is 14.8 Å². The third-order valence-corrected chi connectivity index (χ3v) is 8.18. The van der Waals surface area contributed by atoms with Crippen LogP contribution in [0.3, 0.4) is 0 Å². The first kappa shape index (κ1) is 23.4. The molecule has 1 amide bonds. The summed E-state index contributed by atoms with van der Waals surface area (Å²) in [5.41, 5.74) is 2.71. The molecule has 0 unspecified atom stereocenters. The number of fused-ring (bicyclic) bond motifs is 1. The van der Waals surface area contributed by atoms with Crippen LogP contribution in [0.2, 0.25) is 0 Å². The molecular formula is C25H32N4O3S. The number of carbonyl (C=O) groups excluding carboxylic acids is 1. The van der Waals surface area contributed by atoms with Gasteiger partial charge in [0, 0.05) is 52.6 Å². The van der Waals surface area contributed by atoms with Crippen molar-refractivity contribution in [1.29, 1.82) is 0 Å². The number of amides is 1. The summed E-state index contributed by atoms with van der Waals surface area (Å²) in [4.78, 5) is 20.2. The third kappa shape index (κ3) is 5.45. The van der Waals surface area contributed by atoms with E-state index in [1.165, 1.54) is 0 Å². The first-order valence-corrected chi connectivity index (χ1v) is 13.1. The van der Waals surface area contributed by atoms with Gasteiger partial charge in [0.1, 0.15) is 0 Å². The Morgan fingerprint density at radius 2 is 1.85 bits per heavy atom. The number of sulfonamides is 1. The number of hydrogen-bond donors (Lipinski definition) is 3. The van der Waals surface area contributed by atoms with E-state index in [2.05, 4.69) is 33.9 Å². The molecule has 2 heterocycles. The van der Waals surface area contributed by atoms with Crippen LogP contribution in [0.1, 0.15) is 46.5 Å². The quantitative estimate of drug-likeness (QED) is 0.483. The number of hydrogen-bond acceptors (Lipinski definition) is 4. The lowest BCUT2D eigenvalue weighted by atomic mass is 9.85. The average Bonchev–Trinajstić information content (AvgIpc) is 3.23. The predicted octanol–water partition coefficient (Wildman–Crippen LogP) is 4.23. The molecule has 1 atom stereocenters. The fraction of sp³-hybridized carbons (Fsp3) is 0.440. The highest BCUT2D eigenvalue weighted by Gasteiger charge is 2.30.